The molecule has 0 saturated carbocycles. The quantitative estimate of drug-likeness (QED) is 0.176. The van der Waals surface area contributed by atoms with Crippen molar-refractivity contribution in [1.29, 1.82) is 0 Å². The summed E-state index contributed by atoms with van der Waals surface area (Å²) in [5.74, 6) is 0.684. The molecule has 3 heteroatoms. The van der Waals surface area contributed by atoms with E-state index in [0.717, 1.165) is 77.8 Å². The molecule has 0 spiro atoms. The van der Waals surface area contributed by atoms with Gasteiger partial charge >= 0.3 is 0 Å². The van der Waals surface area contributed by atoms with Gasteiger partial charge < -0.3 is 4.42 Å². The van der Waals surface area contributed by atoms with Crippen LogP contribution >= 0.6 is 0 Å². The van der Waals surface area contributed by atoms with Crippen LogP contribution in [0.15, 0.2) is 199 Å². The van der Waals surface area contributed by atoms with Gasteiger partial charge in [0.2, 0.25) is 0 Å². The first-order valence-corrected chi connectivity index (χ1v) is 17.9. The molecular weight excluding hydrogens is 645 g/mol. The van der Waals surface area contributed by atoms with Crippen molar-refractivity contribution in [3.8, 4) is 67.3 Å². The number of hydrogen-bond donors (Lipinski definition) is 0. The van der Waals surface area contributed by atoms with E-state index >= 15 is 0 Å². The minimum Gasteiger partial charge on any atom is -0.456 e. The van der Waals surface area contributed by atoms with Gasteiger partial charge in [0.15, 0.2) is 5.82 Å². The van der Waals surface area contributed by atoms with Gasteiger partial charge in [-0.2, -0.15) is 0 Å². The summed E-state index contributed by atoms with van der Waals surface area (Å²) in [5.41, 5.74) is 13.3. The molecule has 10 aromatic rings. The molecule has 0 unspecified atom stereocenters. The maximum atomic E-state index is 6.19. The van der Waals surface area contributed by atoms with E-state index in [1.807, 2.05) is 30.3 Å². The number of rotatable bonds is 6. The Balaban J connectivity index is 1.20. The van der Waals surface area contributed by atoms with Crippen molar-refractivity contribution in [1.82, 2.24) is 9.97 Å². The molecule has 248 valence electrons. The van der Waals surface area contributed by atoms with Crippen molar-refractivity contribution in [2.24, 2.45) is 0 Å². The van der Waals surface area contributed by atoms with Gasteiger partial charge in [-0.15, -0.1) is 0 Å². The lowest BCUT2D eigenvalue weighted by Crippen LogP contribution is -1.97. The number of aromatic nitrogens is 2. The van der Waals surface area contributed by atoms with Crippen LogP contribution in [0.1, 0.15) is 0 Å². The molecule has 0 atom stereocenters. The summed E-state index contributed by atoms with van der Waals surface area (Å²) in [4.78, 5) is 10.5. The molecule has 0 aliphatic rings. The van der Waals surface area contributed by atoms with Gasteiger partial charge in [-0.05, 0) is 86.6 Å². The maximum absolute atomic E-state index is 6.19. The molecule has 2 heterocycles. The van der Waals surface area contributed by atoms with E-state index in [-0.39, 0.29) is 0 Å². The SMILES string of the molecule is c1ccc(-c2cc(-c3ccc4oc5ccccc5c4c3)cc(-c3cc(-c4ccccc4-c4cccc5ccccc45)nc(-c4ccccc4)n3)c2)cc1. The van der Waals surface area contributed by atoms with Crippen LogP contribution in [0.2, 0.25) is 0 Å². The van der Waals surface area contributed by atoms with Crippen LogP contribution < -0.4 is 0 Å². The van der Waals surface area contributed by atoms with Crippen molar-refractivity contribution < 1.29 is 4.42 Å². The molecule has 0 fully saturated rings. The highest BCUT2D eigenvalue weighted by atomic mass is 16.3. The molecule has 8 aromatic carbocycles. The summed E-state index contributed by atoms with van der Waals surface area (Å²) in [6.07, 6.45) is 0. The largest absolute Gasteiger partial charge is 0.456 e. The fraction of sp³-hybridized carbons (Fsp3) is 0. The summed E-state index contributed by atoms with van der Waals surface area (Å²) in [5, 5.41) is 4.63. The molecule has 53 heavy (non-hydrogen) atoms. The Morgan fingerprint density at radius 1 is 0.302 bits per heavy atom. The lowest BCUT2D eigenvalue weighted by atomic mass is 9.92. The Morgan fingerprint density at radius 2 is 0.887 bits per heavy atom. The maximum Gasteiger partial charge on any atom is 0.160 e. The van der Waals surface area contributed by atoms with Crippen molar-refractivity contribution in [3.63, 3.8) is 0 Å². The number of benzene rings is 8. The standard InChI is InChI=1S/C50H32N2O/c1-3-14-33(15-4-1)37-28-38(36-26-27-49-45(31-36)44-23-11-12-25-48(44)53-49)30-39(29-37)46-32-47(52-50(51-46)35-17-5-2-6-18-35)43-22-10-9-21-42(43)41-24-13-19-34-16-7-8-20-40(34)41/h1-32H. The minimum absolute atomic E-state index is 0.684. The fourth-order valence-corrected chi connectivity index (χ4v) is 7.50. The van der Waals surface area contributed by atoms with E-state index in [2.05, 4.69) is 164 Å². The molecule has 10 rings (SSSR count). The van der Waals surface area contributed by atoms with E-state index in [1.54, 1.807) is 0 Å². The third-order valence-corrected chi connectivity index (χ3v) is 10.1. The molecule has 3 nitrogen and oxygen atoms in total. The molecule has 0 N–H and O–H groups in total. The van der Waals surface area contributed by atoms with E-state index < -0.39 is 0 Å². The highest BCUT2D eigenvalue weighted by Gasteiger charge is 2.17. The average Bonchev–Trinajstić information content (AvgIpc) is 3.62. The molecular formula is C50H32N2O. The molecule has 0 aliphatic heterocycles. The molecule has 2 aromatic heterocycles. The smallest absolute Gasteiger partial charge is 0.160 e. The van der Waals surface area contributed by atoms with Gasteiger partial charge in [-0.3, -0.25) is 0 Å². The predicted molar refractivity (Wildman–Crippen MR) is 219 cm³/mol. The predicted octanol–water partition coefficient (Wildman–Crippen LogP) is 13.5. The summed E-state index contributed by atoms with van der Waals surface area (Å²) in [6.45, 7) is 0. The second-order valence-corrected chi connectivity index (χ2v) is 13.4. The summed E-state index contributed by atoms with van der Waals surface area (Å²) < 4.78 is 6.19. The summed E-state index contributed by atoms with van der Waals surface area (Å²) in [7, 11) is 0. The Morgan fingerprint density at radius 3 is 1.72 bits per heavy atom. The Bertz CT molecular complexity index is 2940. The second kappa shape index (κ2) is 12.9. The monoisotopic (exact) mass is 676 g/mol. The molecule has 0 amide bonds. The topological polar surface area (TPSA) is 38.9 Å². The van der Waals surface area contributed by atoms with Gasteiger partial charge in [-0.25, -0.2) is 9.97 Å². The Kier molecular flexibility index (Phi) is 7.47. The average molecular weight is 677 g/mol. The number of hydrogen-bond acceptors (Lipinski definition) is 3. The van der Waals surface area contributed by atoms with E-state index in [4.69, 9.17) is 14.4 Å². The zero-order chi connectivity index (χ0) is 35.1. The zero-order valence-corrected chi connectivity index (χ0v) is 28.8. The summed E-state index contributed by atoms with van der Waals surface area (Å²) >= 11 is 0. The molecule has 0 saturated heterocycles. The zero-order valence-electron chi connectivity index (χ0n) is 28.8. The van der Waals surface area contributed by atoms with Gasteiger partial charge in [0.05, 0.1) is 11.4 Å². The van der Waals surface area contributed by atoms with E-state index in [9.17, 15) is 0 Å². The first-order valence-electron chi connectivity index (χ1n) is 17.9. The van der Waals surface area contributed by atoms with Crippen molar-refractivity contribution in [3.05, 3.63) is 194 Å². The van der Waals surface area contributed by atoms with Crippen molar-refractivity contribution in [2.75, 3.05) is 0 Å². The van der Waals surface area contributed by atoms with Crippen LogP contribution in [0.5, 0.6) is 0 Å². The van der Waals surface area contributed by atoms with Gasteiger partial charge in [0.1, 0.15) is 11.2 Å². The second-order valence-electron chi connectivity index (χ2n) is 13.4. The van der Waals surface area contributed by atoms with Crippen LogP contribution in [-0.2, 0) is 0 Å². The van der Waals surface area contributed by atoms with Gasteiger partial charge in [0.25, 0.3) is 0 Å². The van der Waals surface area contributed by atoms with Gasteiger partial charge in [-0.1, -0.05) is 152 Å². The lowest BCUT2D eigenvalue weighted by molar-refractivity contribution is 0.669. The number of fused-ring (bicyclic) bond motifs is 4. The molecule has 0 radical (unpaired) electrons. The first kappa shape index (κ1) is 30.7. The third kappa shape index (κ3) is 5.65. The number of furan rings is 1. The lowest BCUT2D eigenvalue weighted by Gasteiger charge is -2.15. The van der Waals surface area contributed by atoms with Crippen LogP contribution in [0.3, 0.4) is 0 Å². The number of nitrogens with zero attached hydrogens (tertiary/aromatic N) is 2. The molecule has 0 aliphatic carbocycles. The highest BCUT2D eigenvalue weighted by molar-refractivity contribution is 6.06. The van der Waals surface area contributed by atoms with Crippen LogP contribution in [0.25, 0.3) is 100.0 Å². The summed E-state index contributed by atoms with van der Waals surface area (Å²) in [6, 6.07) is 68.1. The van der Waals surface area contributed by atoms with Crippen LogP contribution in [-0.4, -0.2) is 9.97 Å². The van der Waals surface area contributed by atoms with Crippen LogP contribution in [0, 0.1) is 0 Å². The Hall–Kier alpha value is -7.10. The van der Waals surface area contributed by atoms with Crippen LogP contribution in [0.4, 0.5) is 0 Å². The first-order chi connectivity index (χ1) is 26.2. The minimum atomic E-state index is 0.684. The van der Waals surface area contributed by atoms with Crippen molar-refractivity contribution in [2.45, 2.75) is 0 Å². The molecule has 0 bridgehead atoms. The Labute approximate surface area is 307 Å². The van der Waals surface area contributed by atoms with Crippen molar-refractivity contribution >= 4 is 32.7 Å². The van der Waals surface area contributed by atoms with E-state index in [1.165, 1.54) is 16.3 Å². The third-order valence-electron chi connectivity index (χ3n) is 10.1. The number of para-hydroxylation sites is 1. The normalized spacial score (nSPS) is 11.4. The highest BCUT2D eigenvalue weighted by Crippen LogP contribution is 2.40. The van der Waals surface area contributed by atoms with Gasteiger partial charge in [0, 0.05) is 27.5 Å². The fourth-order valence-electron chi connectivity index (χ4n) is 7.50. The van der Waals surface area contributed by atoms with E-state index in [0.29, 0.717) is 5.82 Å².